The highest BCUT2D eigenvalue weighted by atomic mass is 16.5. The van der Waals surface area contributed by atoms with E-state index in [4.69, 9.17) is 15.2 Å². The number of methoxy groups -OCH3 is 1. The molecule has 2 atom stereocenters. The van der Waals surface area contributed by atoms with Crippen molar-refractivity contribution >= 4 is 5.91 Å². The van der Waals surface area contributed by atoms with Crippen LogP contribution in [0.2, 0.25) is 0 Å². The second-order valence-corrected chi connectivity index (χ2v) is 5.51. The van der Waals surface area contributed by atoms with Crippen LogP contribution < -0.4 is 11.1 Å². The van der Waals surface area contributed by atoms with Crippen LogP contribution in [0, 0.1) is 0 Å². The van der Waals surface area contributed by atoms with Crippen LogP contribution in [0.3, 0.4) is 0 Å². The fourth-order valence-electron chi connectivity index (χ4n) is 2.26. The van der Waals surface area contributed by atoms with Gasteiger partial charge in [0.2, 0.25) is 5.91 Å². The molecule has 1 aromatic rings. The molecule has 21 heavy (non-hydrogen) atoms. The number of carbonyl (C=O) groups excluding carboxylic acids is 1. The topological polar surface area (TPSA) is 73.6 Å². The lowest BCUT2D eigenvalue weighted by atomic mass is 9.89. The summed E-state index contributed by atoms with van der Waals surface area (Å²) in [6.45, 7) is 6.47. The molecule has 0 radical (unpaired) electrons. The lowest BCUT2D eigenvalue weighted by molar-refractivity contribution is -0.130. The molecule has 3 N–H and O–H groups in total. The summed E-state index contributed by atoms with van der Waals surface area (Å²) >= 11 is 0. The third-order valence-electron chi connectivity index (χ3n) is 3.21. The van der Waals surface area contributed by atoms with E-state index in [2.05, 4.69) is 5.32 Å². The Kier molecular flexibility index (Phi) is 6.81. The molecule has 1 aromatic carbocycles. The maximum absolute atomic E-state index is 12.2. The molecule has 2 unspecified atom stereocenters. The minimum atomic E-state index is -1.04. The van der Waals surface area contributed by atoms with Gasteiger partial charge in [0.15, 0.2) is 0 Å². The SMILES string of the molecule is COCC(C)OCC(NC(C)C)(C(N)=O)c1ccccc1. The Balaban J connectivity index is 3.05. The number of carbonyl (C=O) groups is 1. The van der Waals surface area contributed by atoms with E-state index in [0.29, 0.717) is 6.61 Å². The number of primary amides is 1. The zero-order chi connectivity index (χ0) is 15.9. The number of hydrogen-bond donors (Lipinski definition) is 2. The van der Waals surface area contributed by atoms with Crippen molar-refractivity contribution in [3.63, 3.8) is 0 Å². The Morgan fingerprint density at radius 2 is 1.90 bits per heavy atom. The van der Waals surface area contributed by atoms with Gasteiger partial charge in [-0.3, -0.25) is 10.1 Å². The first-order valence-corrected chi connectivity index (χ1v) is 7.16. The predicted octanol–water partition coefficient (Wildman–Crippen LogP) is 1.42. The van der Waals surface area contributed by atoms with Crippen molar-refractivity contribution < 1.29 is 14.3 Å². The van der Waals surface area contributed by atoms with Gasteiger partial charge in [0.25, 0.3) is 0 Å². The maximum Gasteiger partial charge on any atom is 0.244 e. The van der Waals surface area contributed by atoms with E-state index in [-0.39, 0.29) is 18.8 Å². The molecule has 0 bridgehead atoms. The van der Waals surface area contributed by atoms with Crippen LogP contribution in [0.15, 0.2) is 30.3 Å². The van der Waals surface area contributed by atoms with Gasteiger partial charge < -0.3 is 15.2 Å². The largest absolute Gasteiger partial charge is 0.382 e. The fraction of sp³-hybridized carbons (Fsp3) is 0.562. The summed E-state index contributed by atoms with van der Waals surface area (Å²) in [6, 6.07) is 9.51. The van der Waals surface area contributed by atoms with Gasteiger partial charge >= 0.3 is 0 Å². The number of nitrogens with two attached hydrogens (primary N) is 1. The Morgan fingerprint density at radius 3 is 2.38 bits per heavy atom. The molecule has 1 rings (SSSR count). The second-order valence-electron chi connectivity index (χ2n) is 5.51. The van der Waals surface area contributed by atoms with Crippen LogP contribution in [0.1, 0.15) is 26.3 Å². The van der Waals surface area contributed by atoms with Crippen LogP contribution in [0.4, 0.5) is 0 Å². The molecule has 0 aromatic heterocycles. The number of hydrogen-bond acceptors (Lipinski definition) is 4. The summed E-state index contributed by atoms with van der Waals surface area (Å²) in [4.78, 5) is 12.2. The zero-order valence-corrected chi connectivity index (χ0v) is 13.3. The van der Waals surface area contributed by atoms with Crippen molar-refractivity contribution in [1.29, 1.82) is 0 Å². The molecule has 0 aliphatic heterocycles. The molecule has 0 aliphatic carbocycles. The van der Waals surface area contributed by atoms with Crippen LogP contribution in [-0.2, 0) is 19.8 Å². The third kappa shape index (κ3) is 4.81. The molecule has 118 valence electrons. The standard InChI is InChI=1S/C16H26N2O3/c1-12(2)18-16(15(17)19,11-21-13(3)10-20-4)14-8-6-5-7-9-14/h5-9,12-13,18H,10-11H2,1-4H3,(H2,17,19). The monoisotopic (exact) mass is 294 g/mol. The summed E-state index contributed by atoms with van der Waals surface area (Å²) in [5, 5.41) is 3.27. The number of rotatable bonds is 9. The summed E-state index contributed by atoms with van der Waals surface area (Å²) in [5.41, 5.74) is 5.46. The summed E-state index contributed by atoms with van der Waals surface area (Å²) in [7, 11) is 1.62. The van der Waals surface area contributed by atoms with E-state index in [1.807, 2.05) is 51.1 Å². The molecule has 5 heteroatoms. The molecular formula is C16H26N2O3. The summed E-state index contributed by atoms with van der Waals surface area (Å²) in [5.74, 6) is -0.452. The highest BCUT2D eigenvalue weighted by molar-refractivity contribution is 5.86. The zero-order valence-electron chi connectivity index (χ0n) is 13.3. The minimum absolute atomic E-state index is 0.0824. The second kappa shape index (κ2) is 8.12. The Morgan fingerprint density at radius 1 is 1.29 bits per heavy atom. The Bertz CT molecular complexity index is 436. The van der Waals surface area contributed by atoms with E-state index in [9.17, 15) is 4.79 Å². The molecule has 0 fully saturated rings. The number of ether oxygens (including phenoxy) is 2. The third-order valence-corrected chi connectivity index (χ3v) is 3.21. The van der Waals surface area contributed by atoms with Crippen LogP contribution in [-0.4, -0.2) is 38.4 Å². The quantitative estimate of drug-likeness (QED) is 0.722. The van der Waals surface area contributed by atoms with Gasteiger partial charge in [0, 0.05) is 13.2 Å². The number of nitrogens with one attached hydrogen (secondary N) is 1. The van der Waals surface area contributed by atoms with Gasteiger partial charge in [-0.25, -0.2) is 0 Å². The Labute approximate surface area is 126 Å². The van der Waals surface area contributed by atoms with Crippen molar-refractivity contribution in [3.05, 3.63) is 35.9 Å². The summed E-state index contributed by atoms with van der Waals surface area (Å²) < 4.78 is 10.8. The lowest BCUT2D eigenvalue weighted by Gasteiger charge is -2.35. The molecule has 1 amide bonds. The molecule has 0 saturated carbocycles. The van der Waals surface area contributed by atoms with E-state index < -0.39 is 11.4 Å². The summed E-state index contributed by atoms with van der Waals surface area (Å²) in [6.07, 6.45) is -0.119. The number of amides is 1. The van der Waals surface area contributed by atoms with Crippen molar-refractivity contribution in [1.82, 2.24) is 5.32 Å². The average molecular weight is 294 g/mol. The van der Waals surface area contributed by atoms with Gasteiger partial charge in [-0.1, -0.05) is 30.3 Å². The van der Waals surface area contributed by atoms with Crippen molar-refractivity contribution in [2.75, 3.05) is 20.3 Å². The van der Waals surface area contributed by atoms with E-state index in [1.54, 1.807) is 7.11 Å². The van der Waals surface area contributed by atoms with Crippen LogP contribution >= 0.6 is 0 Å². The predicted molar refractivity (Wildman–Crippen MR) is 82.9 cm³/mol. The molecule has 0 spiro atoms. The highest BCUT2D eigenvalue weighted by Crippen LogP contribution is 2.23. The molecular weight excluding hydrogens is 268 g/mol. The maximum atomic E-state index is 12.2. The Hall–Kier alpha value is -1.43. The molecule has 0 aliphatic rings. The number of benzene rings is 1. The van der Waals surface area contributed by atoms with Gasteiger partial charge in [-0.2, -0.15) is 0 Å². The average Bonchev–Trinajstić information content (AvgIpc) is 2.44. The normalized spacial score (nSPS) is 15.7. The lowest BCUT2D eigenvalue weighted by Crippen LogP contribution is -2.58. The first-order valence-electron chi connectivity index (χ1n) is 7.16. The molecule has 0 heterocycles. The van der Waals surface area contributed by atoms with Gasteiger partial charge in [-0.05, 0) is 26.3 Å². The highest BCUT2D eigenvalue weighted by Gasteiger charge is 2.39. The van der Waals surface area contributed by atoms with E-state index >= 15 is 0 Å². The smallest absolute Gasteiger partial charge is 0.244 e. The van der Waals surface area contributed by atoms with E-state index in [1.165, 1.54) is 0 Å². The molecule has 0 saturated heterocycles. The van der Waals surface area contributed by atoms with Crippen molar-refractivity contribution in [3.8, 4) is 0 Å². The van der Waals surface area contributed by atoms with Gasteiger partial charge in [0.05, 0.1) is 19.3 Å². The van der Waals surface area contributed by atoms with Crippen molar-refractivity contribution in [2.45, 2.75) is 38.5 Å². The fourth-order valence-corrected chi connectivity index (χ4v) is 2.26. The van der Waals surface area contributed by atoms with E-state index in [0.717, 1.165) is 5.56 Å². The van der Waals surface area contributed by atoms with Gasteiger partial charge in [0.1, 0.15) is 5.54 Å². The molecule has 5 nitrogen and oxygen atoms in total. The van der Waals surface area contributed by atoms with Crippen LogP contribution in [0.5, 0.6) is 0 Å². The van der Waals surface area contributed by atoms with Gasteiger partial charge in [-0.15, -0.1) is 0 Å². The van der Waals surface area contributed by atoms with Crippen molar-refractivity contribution in [2.24, 2.45) is 5.73 Å². The first kappa shape index (κ1) is 17.6. The first-order chi connectivity index (χ1) is 9.92. The van der Waals surface area contributed by atoms with Crippen LogP contribution in [0.25, 0.3) is 0 Å². The minimum Gasteiger partial charge on any atom is -0.382 e.